The van der Waals surface area contributed by atoms with E-state index < -0.39 is 0 Å². The van der Waals surface area contributed by atoms with E-state index in [1.807, 2.05) is 13.0 Å². The van der Waals surface area contributed by atoms with Gasteiger partial charge in [0.15, 0.2) is 5.13 Å². The third kappa shape index (κ3) is 4.77. The van der Waals surface area contributed by atoms with E-state index in [4.69, 9.17) is 4.74 Å². The predicted molar refractivity (Wildman–Crippen MR) is 94.9 cm³/mol. The normalized spacial score (nSPS) is 10.6. The van der Waals surface area contributed by atoms with E-state index in [1.54, 1.807) is 7.11 Å². The molecule has 0 spiro atoms. The summed E-state index contributed by atoms with van der Waals surface area (Å²) in [4.78, 5) is 17.3. The van der Waals surface area contributed by atoms with Crippen molar-refractivity contribution in [2.24, 2.45) is 0 Å². The maximum atomic E-state index is 12.2. The molecule has 0 bridgehead atoms. The molecule has 1 heterocycles. The van der Waals surface area contributed by atoms with Crippen LogP contribution >= 0.6 is 11.3 Å². The molecular formula is C17H23N3O2S. The molecule has 0 saturated heterocycles. The molecular weight excluding hydrogens is 310 g/mol. The third-order valence-electron chi connectivity index (χ3n) is 3.44. The van der Waals surface area contributed by atoms with Gasteiger partial charge in [0.05, 0.1) is 5.69 Å². The monoisotopic (exact) mass is 333 g/mol. The average Bonchev–Trinajstić information content (AvgIpc) is 2.87. The Morgan fingerprint density at radius 2 is 2.09 bits per heavy atom. The lowest BCUT2D eigenvalue weighted by Gasteiger charge is -2.07. The Hall–Kier alpha value is -1.92. The van der Waals surface area contributed by atoms with E-state index in [0.717, 1.165) is 28.5 Å². The summed E-state index contributed by atoms with van der Waals surface area (Å²) in [7, 11) is 1.65. The van der Waals surface area contributed by atoms with Crippen LogP contribution in [0.2, 0.25) is 0 Å². The van der Waals surface area contributed by atoms with Crippen LogP contribution in [0.3, 0.4) is 0 Å². The fourth-order valence-electron chi connectivity index (χ4n) is 2.23. The lowest BCUT2D eigenvalue weighted by atomic mass is 10.1. The molecule has 0 atom stereocenters. The average molecular weight is 333 g/mol. The number of carbonyl (C=O) groups excluding carboxylic acids is 1. The number of anilines is 2. The minimum atomic E-state index is -0.0789. The lowest BCUT2D eigenvalue weighted by Crippen LogP contribution is -2.24. The number of thiazole rings is 1. The first-order valence-electron chi connectivity index (χ1n) is 7.60. The second-order valence-corrected chi connectivity index (χ2v) is 6.48. The van der Waals surface area contributed by atoms with Crippen molar-refractivity contribution in [2.45, 2.75) is 27.2 Å². The van der Waals surface area contributed by atoms with Crippen LogP contribution in [0.5, 0.6) is 0 Å². The first-order valence-corrected chi connectivity index (χ1v) is 8.41. The summed E-state index contributed by atoms with van der Waals surface area (Å²) in [5.74, 6) is -0.0789. The van der Waals surface area contributed by atoms with Gasteiger partial charge >= 0.3 is 0 Å². The van der Waals surface area contributed by atoms with Crippen molar-refractivity contribution in [3.8, 4) is 0 Å². The first-order chi connectivity index (χ1) is 11.0. The molecule has 0 saturated carbocycles. The minimum absolute atomic E-state index is 0.0789. The Bertz CT molecular complexity index is 682. The highest BCUT2D eigenvalue weighted by Gasteiger charge is 2.15. The van der Waals surface area contributed by atoms with E-state index in [2.05, 4.69) is 41.6 Å². The summed E-state index contributed by atoms with van der Waals surface area (Å²) in [5.41, 5.74) is 4.13. The molecule has 1 aromatic carbocycles. The number of aryl methyl sites for hydroxylation is 3. The number of hydrogen-bond donors (Lipinski definition) is 2. The molecule has 2 N–H and O–H groups in total. The standard InChI is InChI=1S/C17H23N3O2S/c1-11-6-7-14(12(2)10-11)20-17-19-13(3)15(23-17)16(21)18-8-5-9-22-4/h6-7,10H,5,8-9H2,1-4H3,(H,18,21)(H,19,20). The molecule has 1 amide bonds. The van der Waals surface area contributed by atoms with Crippen molar-refractivity contribution in [2.75, 3.05) is 25.6 Å². The summed E-state index contributed by atoms with van der Waals surface area (Å²) in [6, 6.07) is 6.21. The van der Waals surface area contributed by atoms with Crippen molar-refractivity contribution < 1.29 is 9.53 Å². The van der Waals surface area contributed by atoms with Gasteiger partial charge in [-0.15, -0.1) is 0 Å². The van der Waals surface area contributed by atoms with Gasteiger partial charge in [0.25, 0.3) is 5.91 Å². The van der Waals surface area contributed by atoms with Gasteiger partial charge in [0, 0.05) is 25.9 Å². The number of nitrogens with one attached hydrogen (secondary N) is 2. The van der Waals surface area contributed by atoms with E-state index in [1.165, 1.54) is 16.9 Å². The van der Waals surface area contributed by atoms with Gasteiger partial charge in [-0.3, -0.25) is 4.79 Å². The van der Waals surface area contributed by atoms with Crippen LogP contribution < -0.4 is 10.6 Å². The molecule has 124 valence electrons. The molecule has 0 aliphatic carbocycles. The van der Waals surface area contributed by atoms with Crippen LogP contribution in [0, 0.1) is 20.8 Å². The zero-order chi connectivity index (χ0) is 16.8. The summed E-state index contributed by atoms with van der Waals surface area (Å²) in [6.45, 7) is 7.22. The number of carbonyl (C=O) groups is 1. The molecule has 0 aliphatic heterocycles. The molecule has 5 nitrogen and oxygen atoms in total. The fraction of sp³-hybridized carbons (Fsp3) is 0.412. The van der Waals surface area contributed by atoms with E-state index >= 15 is 0 Å². The van der Waals surface area contributed by atoms with Gasteiger partial charge in [-0.1, -0.05) is 29.0 Å². The van der Waals surface area contributed by atoms with Crippen LogP contribution in [0.4, 0.5) is 10.8 Å². The van der Waals surface area contributed by atoms with Gasteiger partial charge in [-0.05, 0) is 38.8 Å². The van der Waals surface area contributed by atoms with Crippen LogP contribution in [-0.4, -0.2) is 31.2 Å². The number of methoxy groups -OCH3 is 1. The largest absolute Gasteiger partial charge is 0.385 e. The second-order valence-electron chi connectivity index (χ2n) is 5.48. The Balaban J connectivity index is 2.04. The number of rotatable bonds is 7. The van der Waals surface area contributed by atoms with Crippen LogP contribution in [0.25, 0.3) is 0 Å². The van der Waals surface area contributed by atoms with Crippen LogP contribution in [0.15, 0.2) is 18.2 Å². The molecule has 6 heteroatoms. The molecule has 1 aromatic heterocycles. The van der Waals surface area contributed by atoms with Crippen molar-refractivity contribution >= 4 is 28.1 Å². The molecule has 0 fully saturated rings. The van der Waals surface area contributed by atoms with Gasteiger partial charge in [0.2, 0.25) is 0 Å². The molecule has 0 radical (unpaired) electrons. The number of aromatic nitrogens is 1. The summed E-state index contributed by atoms with van der Waals surface area (Å²) < 4.78 is 4.97. The molecule has 0 aliphatic rings. The molecule has 2 rings (SSSR count). The molecule has 0 unspecified atom stereocenters. The molecule has 2 aromatic rings. The van der Waals surface area contributed by atoms with Crippen molar-refractivity contribution in [1.82, 2.24) is 10.3 Å². The van der Waals surface area contributed by atoms with Crippen molar-refractivity contribution in [1.29, 1.82) is 0 Å². The Morgan fingerprint density at radius 3 is 2.78 bits per heavy atom. The first kappa shape index (κ1) is 17.4. The lowest BCUT2D eigenvalue weighted by molar-refractivity contribution is 0.0952. The topological polar surface area (TPSA) is 63.2 Å². The van der Waals surface area contributed by atoms with Gasteiger partial charge in [-0.2, -0.15) is 0 Å². The summed E-state index contributed by atoms with van der Waals surface area (Å²) >= 11 is 1.37. The van der Waals surface area contributed by atoms with E-state index in [-0.39, 0.29) is 5.91 Å². The Kier molecular flexibility index (Phi) is 6.12. The van der Waals surface area contributed by atoms with E-state index in [9.17, 15) is 4.79 Å². The highest BCUT2D eigenvalue weighted by Crippen LogP contribution is 2.27. The third-order valence-corrected chi connectivity index (χ3v) is 4.51. The zero-order valence-electron chi connectivity index (χ0n) is 14.0. The molecule has 23 heavy (non-hydrogen) atoms. The fourth-order valence-corrected chi connectivity index (χ4v) is 3.12. The van der Waals surface area contributed by atoms with Crippen LogP contribution in [-0.2, 0) is 4.74 Å². The van der Waals surface area contributed by atoms with Crippen molar-refractivity contribution in [3.05, 3.63) is 39.9 Å². The van der Waals surface area contributed by atoms with Crippen LogP contribution in [0.1, 0.15) is 32.9 Å². The smallest absolute Gasteiger partial charge is 0.263 e. The predicted octanol–water partition coefficient (Wildman–Crippen LogP) is 3.58. The number of amides is 1. The van der Waals surface area contributed by atoms with E-state index in [0.29, 0.717) is 18.0 Å². The number of ether oxygens (including phenoxy) is 1. The Morgan fingerprint density at radius 1 is 1.30 bits per heavy atom. The summed E-state index contributed by atoms with van der Waals surface area (Å²) in [5, 5.41) is 6.93. The SMILES string of the molecule is COCCCNC(=O)c1sc(Nc2ccc(C)cc2C)nc1C. The highest BCUT2D eigenvalue weighted by atomic mass is 32.1. The number of benzene rings is 1. The number of hydrogen-bond acceptors (Lipinski definition) is 5. The Labute approximate surface area is 141 Å². The maximum Gasteiger partial charge on any atom is 0.263 e. The second kappa shape index (κ2) is 8.08. The van der Waals surface area contributed by atoms with Gasteiger partial charge < -0.3 is 15.4 Å². The summed E-state index contributed by atoms with van der Waals surface area (Å²) in [6.07, 6.45) is 0.799. The zero-order valence-corrected chi connectivity index (χ0v) is 14.8. The number of nitrogens with zero attached hydrogens (tertiary/aromatic N) is 1. The minimum Gasteiger partial charge on any atom is -0.385 e. The quantitative estimate of drug-likeness (QED) is 0.760. The maximum absolute atomic E-state index is 12.2. The van der Waals surface area contributed by atoms with Gasteiger partial charge in [-0.25, -0.2) is 4.98 Å². The van der Waals surface area contributed by atoms with Gasteiger partial charge in [0.1, 0.15) is 4.88 Å². The van der Waals surface area contributed by atoms with Crippen molar-refractivity contribution in [3.63, 3.8) is 0 Å². The highest BCUT2D eigenvalue weighted by molar-refractivity contribution is 7.17.